The minimum Gasteiger partial charge on any atom is -0.381 e. The van der Waals surface area contributed by atoms with E-state index >= 15 is 0 Å². The monoisotopic (exact) mass is 309 g/mol. The predicted molar refractivity (Wildman–Crippen MR) is 83.6 cm³/mol. The van der Waals surface area contributed by atoms with E-state index < -0.39 is 10.0 Å². The average Bonchev–Trinajstić information content (AvgIpc) is 2.39. The van der Waals surface area contributed by atoms with Crippen LogP contribution in [0.15, 0.2) is 29.2 Å². The lowest BCUT2D eigenvalue weighted by Crippen LogP contribution is -2.52. The summed E-state index contributed by atoms with van der Waals surface area (Å²) in [5, 5.41) is 8.72. The Hall–Kier alpha value is -1.11. The van der Waals surface area contributed by atoms with E-state index in [1.165, 1.54) is 19.3 Å². The summed E-state index contributed by atoms with van der Waals surface area (Å²) in [6, 6.07) is 8.44. The molecule has 0 amide bonds. The van der Waals surface area contributed by atoms with Crippen molar-refractivity contribution in [3.8, 4) is 0 Å². The van der Waals surface area contributed by atoms with Gasteiger partial charge in [-0.25, -0.2) is 13.6 Å². The molecule has 2 aliphatic heterocycles. The Labute approximate surface area is 126 Å². The molecule has 2 saturated heterocycles. The number of para-hydroxylation sites is 1. The number of nitrogens with one attached hydrogen (secondary N) is 1. The van der Waals surface area contributed by atoms with E-state index in [1.54, 1.807) is 18.2 Å². The minimum absolute atomic E-state index is 0.189. The fourth-order valence-corrected chi connectivity index (χ4v) is 4.49. The number of hydrogen-bond acceptors (Lipinski definition) is 4. The number of nitrogens with zero attached hydrogens (tertiary/aromatic N) is 1. The molecular weight excluding hydrogens is 286 g/mol. The van der Waals surface area contributed by atoms with Gasteiger partial charge in [-0.2, -0.15) is 0 Å². The first-order valence-corrected chi connectivity index (χ1v) is 9.10. The smallest absolute Gasteiger partial charge is 0.240 e. The first-order valence-electron chi connectivity index (χ1n) is 7.55. The Bertz CT molecular complexity index is 603. The maximum atomic E-state index is 11.7. The Balaban J connectivity index is 1.79. The third-order valence-electron chi connectivity index (χ3n) is 4.89. The number of piperidine rings is 2. The standard InChI is InChI=1S/C15H23N3O2S/c1-18-12-5-4-6-13(18)10-11(9-12)17-14-7-2-3-8-15(14)21(16,19)20/h2-3,7-8,11-13,17H,4-6,9-10H2,1H3,(H2,16,19,20). The van der Waals surface area contributed by atoms with E-state index in [4.69, 9.17) is 5.14 Å². The maximum Gasteiger partial charge on any atom is 0.240 e. The summed E-state index contributed by atoms with van der Waals surface area (Å²) in [6.07, 6.45) is 5.90. The summed E-state index contributed by atoms with van der Waals surface area (Å²) in [4.78, 5) is 2.68. The van der Waals surface area contributed by atoms with Crippen LogP contribution in [0.3, 0.4) is 0 Å². The second-order valence-electron chi connectivity index (χ2n) is 6.26. The molecule has 6 heteroatoms. The van der Waals surface area contributed by atoms with E-state index in [-0.39, 0.29) is 4.90 Å². The molecule has 116 valence electrons. The summed E-state index contributed by atoms with van der Waals surface area (Å²) < 4.78 is 23.3. The van der Waals surface area contributed by atoms with Crippen molar-refractivity contribution in [2.24, 2.45) is 5.14 Å². The maximum absolute atomic E-state index is 11.7. The normalized spacial score (nSPS) is 30.1. The molecule has 2 aliphatic rings. The van der Waals surface area contributed by atoms with Gasteiger partial charge in [-0.3, -0.25) is 0 Å². The van der Waals surface area contributed by atoms with E-state index in [2.05, 4.69) is 17.3 Å². The number of anilines is 1. The molecular formula is C15H23N3O2S. The second kappa shape index (κ2) is 5.59. The van der Waals surface area contributed by atoms with Gasteiger partial charge >= 0.3 is 0 Å². The van der Waals surface area contributed by atoms with Crippen molar-refractivity contribution in [2.75, 3.05) is 12.4 Å². The van der Waals surface area contributed by atoms with E-state index in [9.17, 15) is 8.42 Å². The van der Waals surface area contributed by atoms with Gasteiger partial charge in [0.2, 0.25) is 10.0 Å². The van der Waals surface area contributed by atoms with Crippen molar-refractivity contribution in [3.63, 3.8) is 0 Å². The van der Waals surface area contributed by atoms with Gasteiger partial charge in [-0.1, -0.05) is 18.6 Å². The number of fused-ring (bicyclic) bond motifs is 2. The highest BCUT2D eigenvalue weighted by Gasteiger charge is 2.36. The summed E-state index contributed by atoms with van der Waals surface area (Å²) in [5.41, 5.74) is 0.632. The minimum atomic E-state index is -3.69. The number of hydrogen-bond donors (Lipinski definition) is 2. The SMILES string of the molecule is CN1C2CCCC1CC(Nc1ccccc1S(N)(=O)=O)C2. The fourth-order valence-electron chi connectivity index (χ4n) is 3.79. The summed E-state index contributed by atoms with van der Waals surface area (Å²) in [5.74, 6) is 0. The highest BCUT2D eigenvalue weighted by atomic mass is 32.2. The Morgan fingerprint density at radius 1 is 1.19 bits per heavy atom. The number of sulfonamides is 1. The fraction of sp³-hybridized carbons (Fsp3) is 0.600. The molecule has 0 spiro atoms. The molecule has 5 nitrogen and oxygen atoms in total. The van der Waals surface area contributed by atoms with Crippen LogP contribution in [0, 0.1) is 0 Å². The van der Waals surface area contributed by atoms with Gasteiger partial charge in [0.25, 0.3) is 0 Å². The van der Waals surface area contributed by atoms with Crippen LogP contribution in [0.4, 0.5) is 5.69 Å². The summed E-state index contributed by atoms with van der Waals surface area (Å²) >= 11 is 0. The average molecular weight is 309 g/mol. The first kappa shape index (κ1) is 14.8. The molecule has 1 aromatic rings. The van der Waals surface area contributed by atoms with Crippen LogP contribution in [0.2, 0.25) is 0 Å². The molecule has 0 aromatic heterocycles. The van der Waals surface area contributed by atoms with Crippen LogP contribution in [0.25, 0.3) is 0 Å². The summed E-state index contributed by atoms with van der Waals surface area (Å²) in [6.45, 7) is 0. The topological polar surface area (TPSA) is 75.4 Å². The number of benzene rings is 1. The van der Waals surface area contributed by atoms with Gasteiger partial charge in [0.1, 0.15) is 4.90 Å². The lowest BCUT2D eigenvalue weighted by atomic mass is 9.82. The lowest BCUT2D eigenvalue weighted by molar-refractivity contribution is 0.0608. The van der Waals surface area contributed by atoms with Crippen molar-refractivity contribution in [1.82, 2.24) is 4.90 Å². The van der Waals surface area contributed by atoms with Crippen molar-refractivity contribution in [3.05, 3.63) is 24.3 Å². The van der Waals surface area contributed by atoms with Crippen LogP contribution in [0.1, 0.15) is 32.1 Å². The summed E-state index contributed by atoms with van der Waals surface area (Å²) in [7, 11) is -1.48. The van der Waals surface area contributed by atoms with Crippen LogP contribution >= 0.6 is 0 Å². The molecule has 2 heterocycles. The third-order valence-corrected chi connectivity index (χ3v) is 5.86. The zero-order valence-corrected chi connectivity index (χ0v) is 13.1. The van der Waals surface area contributed by atoms with Crippen LogP contribution in [-0.2, 0) is 10.0 Å². The van der Waals surface area contributed by atoms with Crippen LogP contribution < -0.4 is 10.5 Å². The molecule has 2 unspecified atom stereocenters. The Morgan fingerprint density at radius 3 is 2.43 bits per heavy atom. The highest BCUT2D eigenvalue weighted by Crippen LogP contribution is 2.34. The zero-order valence-electron chi connectivity index (χ0n) is 12.3. The van der Waals surface area contributed by atoms with Crippen LogP contribution in [0.5, 0.6) is 0 Å². The number of primary sulfonamides is 1. The molecule has 21 heavy (non-hydrogen) atoms. The number of nitrogens with two attached hydrogens (primary N) is 1. The Morgan fingerprint density at radius 2 is 1.81 bits per heavy atom. The van der Waals surface area contributed by atoms with Gasteiger partial charge in [-0.05, 0) is 44.9 Å². The van der Waals surface area contributed by atoms with Crippen molar-refractivity contribution in [2.45, 2.75) is 55.1 Å². The van der Waals surface area contributed by atoms with E-state index in [0.717, 1.165) is 12.8 Å². The zero-order chi connectivity index (χ0) is 15.0. The molecule has 0 saturated carbocycles. The van der Waals surface area contributed by atoms with Crippen LogP contribution in [-0.4, -0.2) is 38.5 Å². The molecule has 1 aromatic carbocycles. The van der Waals surface area contributed by atoms with Gasteiger partial charge in [0.15, 0.2) is 0 Å². The third kappa shape index (κ3) is 3.07. The van der Waals surface area contributed by atoms with Gasteiger partial charge in [-0.15, -0.1) is 0 Å². The molecule has 3 rings (SSSR count). The molecule has 2 atom stereocenters. The lowest BCUT2D eigenvalue weighted by Gasteiger charge is -2.47. The molecule has 3 N–H and O–H groups in total. The van der Waals surface area contributed by atoms with Gasteiger partial charge in [0, 0.05) is 18.1 Å². The quantitative estimate of drug-likeness (QED) is 0.892. The first-order chi connectivity index (χ1) is 9.95. The van der Waals surface area contributed by atoms with Gasteiger partial charge < -0.3 is 10.2 Å². The number of rotatable bonds is 3. The molecule has 0 aliphatic carbocycles. The highest BCUT2D eigenvalue weighted by molar-refractivity contribution is 7.89. The van der Waals surface area contributed by atoms with Crippen molar-refractivity contribution >= 4 is 15.7 Å². The molecule has 2 fully saturated rings. The second-order valence-corrected chi connectivity index (χ2v) is 7.79. The van der Waals surface area contributed by atoms with Crippen molar-refractivity contribution < 1.29 is 8.42 Å². The largest absolute Gasteiger partial charge is 0.381 e. The van der Waals surface area contributed by atoms with E-state index in [1.807, 2.05) is 6.07 Å². The van der Waals surface area contributed by atoms with Gasteiger partial charge in [0.05, 0.1) is 5.69 Å². The molecule has 0 radical (unpaired) electrons. The van der Waals surface area contributed by atoms with Crippen molar-refractivity contribution in [1.29, 1.82) is 0 Å². The predicted octanol–water partition coefficient (Wildman–Crippen LogP) is 1.76. The Kier molecular flexibility index (Phi) is 3.94. The molecule has 2 bridgehead atoms. The van der Waals surface area contributed by atoms with E-state index in [0.29, 0.717) is 23.8 Å².